The van der Waals surface area contributed by atoms with Crippen molar-refractivity contribution in [3.8, 4) is 0 Å². The number of rotatable bonds is 12. The number of amidine groups is 1. The maximum absolute atomic E-state index is 13.6. The molecule has 0 aliphatic rings. The molecule has 0 aliphatic carbocycles. The summed E-state index contributed by atoms with van der Waals surface area (Å²) < 4.78 is 42.5. The van der Waals surface area contributed by atoms with E-state index in [-0.39, 0.29) is 31.3 Å². The van der Waals surface area contributed by atoms with Gasteiger partial charge in [-0.05, 0) is 82.3 Å². The Bertz CT molecular complexity index is 2030. The summed E-state index contributed by atoms with van der Waals surface area (Å²) in [5, 5.41) is 3.30. The SMILES string of the molecule is CCOC(=O)CCN(C(=O)c1ccc2c(c1)nc(CNc1ccc(/C(N)=N/C(=O)OCOC(=O)C(C)(C)C)cc1)n2C)c1ccccn1.CS(=O)(=O)O. The summed E-state index contributed by atoms with van der Waals surface area (Å²) >= 11 is 0. The van der Waals surface area contributed by atoms with Crippen molar-refractivity contribution in [3.05, 3.63) is 83.8 Å². The largest absolute Gasteiger partial charge is 0.466 e. The van der Waals surface area contributed by atoms with E-state index in [1.807, 2.05) is 17.7 Å². The molecule has 4 rings (SSSR count). The number of nitrogens with one attached hydrogen (secondary N) is 1. The normalized spacial score (nSPS) is 11.6. The van der Waals surface area contributed by atoms with Crippen LogP contribution in [0.2, 0.25) is 0 Å². The van der Waals surface area contributed by atoms with Crippen molar-refractivity contribution >= 4 is 62.4 Å². The van der Waals surface area contributed by atoms with Crippen LogP contribution in [0.5, 0.6) is 0 Å². The van der Waals surface area contributed by atoms with Crippen LogP contribution in [0.1, 0.15) is 55.9 Å². The van der Waals surface area contributed by atoms with Crippen LogP contribution in [0.3, 0.4) is 0 Å². The van der Waals surface area contributed by atoms with Gasteiger partial charge in [0, 0.05) is 36.6 Å². The molecule has 18 heteroatoms. The molecule has 2 heterocycles. The predicted octanol–water partition coefficient (Wildman–Crippen LogP) is 4.07. The number of ether oxygens (including phenoxy) is 3. The van der Waals surface area contributed by atoms with Crippen LogP contribution in [0, 0.1) is 5.41 Å². The Morgan fingerprint density at radius 3 is 2.26 bits per heavy atom. The molecule has 0 atom stereocenters. The standard InChI is InChI=1S/C34H39N7O7.CH4O3S/c1-6-46-29(42)16-18-41(27-9-7-8-17-36-27)31(43)23-12-15-26-25(19-23)38-28(40(26)5)20-37-24-13-10-22(11-14-24)30(35)39-33(45)48-21-47-32(44)34(2,3)4;1-5(2,3)4/h7-15,17,19,37H,6,16,18,20-21H2,1-5H3,(H2,35,39,45);1H3,(H,2,3,4). The highest BCUT2D eigenvalue weighted by molar-refractivity contribution is 7.85. The average molecular weight is 754 g/mol. The van der Waals surface area contributed by atoms with Gasteiger partial charge in [0.15, 0.2) is 0 Å². The van der Waals surface area contributed by atoms with Crippen LogP contribution in [-0.2, 0) is 47.5 Å². The molecule has 0 bridgehead atoms. The van der Waals surface area contributed by atoms with Gasteiger partial charge in [0.2, 0.25) is 6.79 Å². The number of imidazole rings is 1. The zero-order valence-corrected chi connectivity index (χ0v) is 31.0. The lowest BCUT2D eigenvalue weighted by molar-refractivity contribution is -0.161. The molecule has 53 heavy (non-hydrogen) atoms. The third-order valence-electron chi connectivity index (χ3n) is 7.06. The molecular weight excluding hydrogens is 710 g/mol. The van der Waals surface area contributed by atoms with Crippen LogP contribution in [0.25, 0.3) is 11.0 Å². The third-order valence-corrected chi connectivity index (χ3v) is 7.06. The molecule has 0 unspecified atom stereocenters. The lowest BCUT2D eigenvalue weighted by Crippen LogP contribution is -2.34. The van der Waals surface area contributed by atoms with Gasteiger partial charge in [-0.25, -0.2) is 14.8 Å². The highest BCUT2D eigenvalue weighted by Crippen LogP contribution is 2.22. The molecule has 0 aliphatic heterocycles. The summed E-state index contributed by atoms with van der Waals surface area (Å²) in [4.78, 5) is 63.6. The molecular formula is C35H43N7O10S. The van der Waals surface area contributed by atoms with Crippen molar-refractivity contribution in [2.24, 2.45) is 23.2 Å². The zero-order valence-electron chi connectivity index (χ0n) is 30.2. The van der Waals surface area contributed by atoms with Crippen molar-refractivity contribution < 1.29 is 46.4 Å². The highest BCUT2D eigenvalue weighted by Gasteiger charge is 2.24. The first-order valence-electron chi connectivity index (χ1n) is 16.2. The number of benzene rings is 2. The second-order valence-corrected chi connectivity index (χ2v) is 13.8. The monoisotopic (exact) mass is 753 g/mol. The number of carbonyl (C=O) groups is 4. The second kappa shape index (κ2) is 18.6. The van der Waals surface area contributed by atoms with E-state index in [9.17, 15) is 27.6 Å². The first kappa shape index (κ1) is 41.5. The Kier molecular flexibility index (Phi) is 14.5. The summed E-state index contributed by atoms with van der Waals surface area (Å²) in [7, 11) is -1.78. The molecule has 4 N–H and O–H groups in total. The summed E-state index contributed by atoms with van der Waals surface area (Å²) in [6.45, 7) is 6.96. The number of aliphatic imine (C=N–C) groups is 1. The summed E-state index contributed by atoms with van der Waals surface area (Å²) in [6.07, 6.45) is 1.35. The average Bonchev–Trinajstić information content (AvgIpc) is 3.41. The molecule has 2 aromatic carbocycles. The molecule has 0 saturated heterocycles. The van der Waals surface area contributed by atoms with Crippen LogP contribution in [-0.4, -0.2) is 83.5 Å². The van der Waals surface area contributed by atoms with Crippen LogP contribution in [0.4, 0.5) is 16.3 Å². The number of nitrogens with two attached hydrogens (primary N) is 1. The Morgan fingerprint density at radius 2 is 1.66 bits per heavy atom. The first-order chi connectivity index (χ1) is 24.9. The number of esters is 2. The Hall–Kier alpha value is -5.88. The lowest BCUT2D eigenvalue weighted by Gasteiger charge is -2.21. The van der Waals surface area contributed by atoms with E-state index >= 15 is 0 Å². The summed E-state index contributed by atoms with van der Waals surface area (Å²) in [5.41, 5.74) is 8.35. The Labute approximate surface area is 306 Å². The van der Waals surface area contributed by atoms with Gasteiger partial charge in [-0.2, -0.15) is 13.4 Å². The minimum absolute atomic E-state index is 0.0289. The summed E-state index contributed by atoms with van der Waals surface area (Å²) in [5.74, 6) is -0.134. The number of aryl methyl sites for hydroxylation is 1. The van der Waals surface area contributed by atoms with Gasteiger partial charge in [-0.1, -0.05) is 6.07 Å². The van der Waals surface area contributed by atoms with Crippen molar-refractivity contribution in [2.45, 2.75) is 40.7 Å². The van der Waals surface area contributed by atoms with E-state index < -0.39 is 40.4 Å². The number of amides is 2. The molecule has 0 saturated carbocycles. The number of aromatic nitrogens is 3. The third kappa shape index (κ3) is 13.3. The number of hydrogen-bond donors (Lipinski definition) is 3. The molecule has 0 spiro atoms. The van der Waals surface area contributed by atoms with Crippen LogP contribution in [0.15, 0.2) is 71.9 Å². The Morgan fingerprint density at radius 1 is 1.00 bits per heavy atom. The fraction of sp³-hybridized carbons (Fsp3) is 0.343. The molecule has 17 nitrogen and oxygen atoms in total. The second-order valence-electron chi connectivity index (χ2n) is 12.4. The molecule has 0 radical (unpaired) electrons. The van der Waals surface area contributed by atoms with Crippen LogP contribution >= 0.6 is 0 Å². The maximum Gasteiger partial charge on any atom is 0.438 e. The number of nitrogens with zero attached hydrogens (tertiary/aromatic N) is 5. The molecule has 284 valence electrons. The van der Waals surface area contributed by atoms with E-state index in [0.717, 1.165) is 17.0 Å². The predicted molar refractivity (Wildman–Crippen MR) is 197 cm³/mol. The molecule has 4 aromatic rings. The van der Waals surface area contributed by atoms with Gasteiger partial charge in [-0.3, -0.25) is 23.8 Å². The lowest BCUT2D eigenvalue weighted by atomic mass is 9.98. The number of carbonyl (C=O) groups excluding carboxylic acids is 4. The van der Waals surface area contributed by atoms with E-state index in [1.165, 1.54) is 4.90 Å². The number of fused-ring (bicyclic) bond motifs is 1. The highest BCUT2D eigenvalue weighted by atomic mass is 32.2. The van der Waals surface area contributed by atoms with Crippen molar-refractivity contribution in [2.75, 3.05) is 36.4 Å². The van der Waals surface area contributed by atoms with Crippen molar-refractivity contribution in [3.63, 3.8) is 0 Å². The summed E-state index contributed by atoms with van der Waals surface area (Å²) in [6, 6.07) is 17.4. The van der Waals surface area contributed by atoms with E-state index in [2.05, 4.69) is 15.3 Å². The first-order valence-corrected chi connectivity index (χ1v) is 18.0. The van der Waals surface area contributed by atoms with Crippen molar-refractivity contribution in [1.29, 1.82) is 0 Å². The van der Waals surface area contributed by atoms with Gasteiger partial charge in [-0.15, -0.1) is 0 Å². The van der Waals surface area contributed by atoms with E-state index in [4.69, 9.17) is 29.5 Å². The van der Waals surface area contributed by atoms with Gasteiger partial charge in [0.1, 0.15) is 17.5 Å². The maximum atomic E-state index is 13.6. The van der Waals surface area contributed by atoms with Gasteiger partial charge in [0.25, 0.3) is 16.0 Å². The quantitative estimate of drug-likeness (QED) is 0.0608. The molecule has 2 aromatic heterocycles. The van der Waals surface area contributed by atoms with Gasteiger partial charge >= 0.3 is 18.0 Å². The van der Waals surface area contributed by atoms with E-state index in [1.54, 1.807) is 88.5 Å². The van der Waals surface area contributed by atoms with Gasteiger partial charge < -0.3 is 29.8 Å². The minimum atomic E-state index is -3.67. The minimum Gasteiger partial charge on any atom is -0.466 e. The van der Waals surface area contributed by atoms with Crippen LogP contribution < -0.4 is 16.0 Å². The number of anilines is 2. The topological polar surface area (TPSA) is 235 Å². The number of pyridine rings is 1. The van der Waals surface area contributed by atoms with Gasteiger partial charge in [0.05, 0.1) is 42.3 Å². The molecule has 0 fully saturated rings. The fourth-order valence-electron chi connectivity index (χ4n) is 4.45. The smallest absolute Gasteiger partial charge is 0.438 e. The van der Waals surface area contributed by atoms with E-state index in [0.29, 0.717) is 35.3 Å². The number of hydrogen-bond acceptors (Lipinski definition) is 12. The Balaban J connectivity index is 0.00000141. The van der Waals surface area contributed by atoms with Crippen molar-refractivity contribution in [1.82, 2.24) is 14.5 Å². The zero-order chi connectivity index (χ0) is 39.3. The molecule has 2 amide bonds. The fourth-order valence-corrected chi connectivity index (χ4v) is 4.45.